The van der Waals surface area contributed by atoms with Crippen LogP contribution in [0.4, 0.5) is 5.69 Å². The van der Waals surface area contributed by atoms with Gasteiger partial charge in [-0.1, -0.05) is 0 Å². The Morgan fingerprint density at radius 3 is 2.94 bits per heavy atom. The third kappa shape index (κ3) is 2.17. The Bertz CT molecular complexity index is 422. The number of aryl methyl sites for hydroxylation is 1. The van der Waals surface area contributed by atoms with E-state index in [9.17, 15) is 0 Å². The van der Waals surface area contributed by atoms with E-state index in [0.717, 1.165) is 30.8 Å². The van der Waals surface area contributed by atoms with Crippen LogP contribution in [0, 0.1) is 18.3 Å². The fourth-order valence-electron chi connectivity index (χ4n) is 2.12. The number of nitrogens with zero attached hydrogens (tertiary/aromatic N) is 2. The molecular weight excluding hydrogens is 200 g/mol. The zero-order chi connectivity index (χ0) is 11.5. The van der Waals surface area contributed by atoms with Gasteiger partial charge in [0.2, 0.25) is 0 Å². The monoisotopic (exact) mass is 216 g/mol. The first-order chi connectivity index (χ1) is 7.70. The standard InChI is InChI=1S/C13H16N2O/c1-10-7-12(8-14)3-4-13(10)15-5-6-16-11(2)9-15/h3-4,7,11H,5-6,9H2,1-2H3. The predicted octanol–water partition coefficient (Wildman–Crippen LogP) is 2.09. The average molecular weight is 216 g/mol. The number of morpholine rings is 1. The van der Waals surface area contributed by atoms with Crippen molar-refractivity contribution >= 4 is 5.69 Å². The van der Waals surface area contributed by atoms with Crippen LogP contribution >= 0.6 is 0 Å². The van der Waals surface area contributed by atoms with Gasteiger partial charge in [-0.05, 0) is 37.6 Å². The highest BCUT2D eigenvalue weighted by atomic mass is 16.5. The van der Waals surface area contributed by atoms with Gasteiger partial charge in [0.05, 0.1) is 24.3 Å². The molecule has 1 aliphatic rings. The summed E-state index contributed by atoms with van der Waals surface area (Å²) in [6, 6.07) is 8.01. The second kappa shape index (κ2) is 4.54. The summed E-state index contributed by atoms with van der Waals surface area (Å²) in [6.07, 6.45) is 0.281. The van der Waals surface area contributed by atoms with E-state index < -0.39 is 0 Å². The Morgan fingerprint density at radius 2 is 2.31 bits per heavy atom. The second-order valence-electron chi connectivity index (χ2n) is 4.24. The van der Waals surface area contributed by atoms with Crippen LogP contribution in [0.15, 0.2) is 18.2 Å². The van der Waals surface area contributed by atoms with Crippen molar-refractivity contribution < 1.29 is 4.74 Å². The molecule has 1 aliphatic heterocycles. The normalized spacial score (nSPS) is 20.6. The largest absolute Gasteiger partial charge is 0.375 e. The van der Waals surface area contributed by atoms with E-state index in [-0.39, 0.29) is 6.10 Å². The van der Waals surface area contributed by atoms with Crippen molar-refractivity contribution in [3.8, 4) is 6.07 Å². The SMILES string of the molecule is Cc1cc(C#N)ccc1N1CCOC(C)C1. The first-order valence-electron chi connectivity index (χ1n) is 5.58. The molecule has 0 N–H and O–H groups in total. The van der Waals surface area contributed by atoms with Crippen LogP contribution < -0.4 is 4.90 Å². The fraction of sp³-hybridized carbons (Fsp3) is 0.462. The molecule has 0 amide bonds. The summed E-state index contributed by atoms with van der Waals surface area (Å²) in [5.74, 6) is 0. The number of hydrogen-bond acceptors (Lipinski definition) is 3. The zero-order valence-corrected chi connectivity index (χ0v) is 9.73. The maximum absolute atomic E-state index is 8.82. The Kier molecular flexibility index (Phi) is 3.12. The van der Waals surface area contributed by atoms with Gasteiger partial charge in [0.1, 0.15) is 0 Å². The molecule has 0 spiro atoms. The van der Waals surface area contributed by atoms with Crippen molar-refractivity contribution in [2.75, 3.05) is 24.6 Å². The number of anilines is 1. The van der Waals surface area contributed by atoms with Gasteiger partial charge in [-0.3, -0.25) is 0 Å². The molecule has 0 bridgehead atoms. The maximum atomic E-state index is 8.82. The molecular formula is C13H16N2O. The molecule has 0 aliphatic carbocycles. The molecule has 1 fully saturated rings. The molecule has 1 atom stereocenters. The van der Waals surface area contributed by atoms with E-state index in [1.165, 1.54) is 5.69 Å². The van der Waals surface area contributed by atoms with Crippen molar-refractivity contribution in [2.45, 2.75) is 20.0 Å². The average Bonchev–Trinajstić information content (AvgIpc) is 2.28. The van der Waals surface area contributed by atoms with E-state index in [0.29, 0.717) is 0 Å². The van der Waals surface area contributed by atoms with Crippen molar-refractivity contribution in [2.24, 2.45) is 0 Å². The third-order valence-electron chi connectivity index (χ3n) is 2.91. The summed E-state index contributed by atoms with van der Waals surface area (Å²) in [5, 5.41) is 8.82. The summed E-state index contributed by atoms with van der Waals surface area (Å²) in [7, 11) is 0. The highest BCUT2D eigenvalue weighted by molar-refractivity contribution is 5.56. The van der Waals surface area contributed by atoms with Crippen molar-refractivity contribution in [3.05, 3.63) is 29.3 Å². The molecule has 1 aromatic rings. The zero-order valence-electron chi connectivity index (χ0n) is 9.73. The van der Waals surface area contributed by atoms with Gasteiger partial charge in [0, 0.05) is 18.8 Å². The van der Waals surface area contributed by atoms with Crippen LogP contribution in [-0.4, -0.2) is 25.8 Å². The topological polar surface area (TPSA) is 36.3 Å². The summed E-state index contributed by atoms with van der Waals surface area (Å²) in [5.41, 5.74) is 3.10. The molecule has 3 nitrogen and oxygen atoms in total. The lowest BCUT2D eigenvalue weighted by atomic mass is 10.1. The lowest BCUT2D eigenvalue weighted by molar-refractivity contribution is 0.0532. The molecule has 84 valence electrons. The van der Waals surface area contributed by atoms with Crippen LogP contribution in [0.25, 0.3) is 0 Å². The molecule has 1 unspecified atom stereocenters. The lowest BCUT2D eigenvalue weighted by Crippen LogP contribution is -2.41. The molecule has 16 heavy (non-hydrogen) atoms. The van der Waals surface area contributed by atoms with E-state index in [1.54, 1.807) is 0 Å². The van der Waals surface area contributed by atoms with Gasteiger partial charge in [-0.25, -0.2) is 0 Å². The van der Waals surface area contributed by atoms with Gasteiger partial charge >= 0.3 is 0 Å². The molecule has 1 aromatic carbocycles. The lowest BCUT2D eigenvalue weighted by Gasteiger charge is -2.33. The molecule has 0 aromatic heterocycles. The highest BCUT2D eigenvalue weighted by Crippen LogP contribution is 2.23. The molecule has 2 rings (SSSR count). The summed E-state index contributed by atoms with van der Waals surface area (Å²) >= 11 is 0. The fourth-order valence-corrected chi connectivity index (χ4v) is 2.12. The number of rotatable bonds is 1. The Balaban J connectivity index is 2.23. The molecule has 0 saturated carbocycles. The van der Waals surface area contributed by atoms with Gasteiger partial charge < -0.3 is 9.64 Å². The molecule has 3 heteroatoms. The summed E-state index contributed by atoms with van der Waals surface area (Å²) < 4.78 is 5.52. The highest BCUT2D eigenvalue weighted by Gasteiger charge is 2.18. The van der Waals surface area contributed by atoms with Crippen LogP contribution in [0.1, 0.15) is 18.1 Å². The Labute approximate surface area is 96.2 Å². The van der Waals surface area contributed by atoms with Crippen LogP contribution in [0.5, 0.6) is 0 Å². The van der Waals surface area contributed by atoms with Gasteiger partial charge in [0.15, 0.2) is 0 Å². The predicted molar refractivity (Wildman–Crippen MR) is 63.5 cm³/mol. The Morgan fingerprint density at radius 1 is 1.50 bits per heavy atom. The first-order valence-corrected chi connectivity index (χ1v) is 5.58. The molecule has 0 radical (unpaired) electrons. The molecule has 1 heterocycles. The Hall–Kier alpha value is -1.53. The number of ether oxygens (including phenoxy) is 1. The smallest absolute Gasteiger partial charge is 0.0991 e. The minimum absolute atomic E-state index is 0.281. The van der Waals surface area contributed by atoms with Gasteiger partial charge in [0.25, 0.3) is 0 Å². The number of hydrogen-bond donors (Lipinski definition) is 0. The second-order valence-corrected chi connectivity index (χ2v) is 4.24. The van der Waals surface area contributed by atoms with Crippen LogP contribution in [0.2, 0.25) is 0 Å². The van der Waals surface area contributed by atoms with E-state index in [1.807, 2.05) is 18.2 Å². The van der Waals surface area contributed by atoms with Gasteiger partial charge in [-0.15, -0.1) is 0 Å². The van der Waals surface area contributed by atoms with E-state index >= 15 is 0 Å². The maximum Gasteiger partial charge on any atom is 0.0991 e. The van der Waals surface area contributed by atoms with Crippen molar-refractivity contribution in [1.29, 1.82) is 5.26 Å². The van der Waals surface area contributed by atoms with E-state index in [4.69, 9.17) is 10.00 Å². The number of benzene rings is 1. The van der Waals surface area contributed by atoms with Crippen LogP contribution in [-0.2, 0) is 4.74 Å². The van der Waals surface area contributed by atoms with Crippen molar-refractivity contribution in [1.82, 2.24) is 0 Å². The third-order valence-corrected chi connectivity index (χ3v) is 2.91. The van der Waals surface area contributed by atoms with E-state index in [2.05, 4.69) is 24.8 Å². The molecule has 1 saturated heterocycles. The summed E-state index contributed by atoms with van der Waals surface area (Å²) in [4.78, 5) is 2.32. The minimum Gasteiger partial charge on any atom is -0.375 e. The van der Waals surface area contributed by atoms with Crippen LogP contribution in [0.3, 0.4) is 0 Å². The first kappa shape index (κ1) is 11.0. The van der Waals surface area contributed by atoms with Gasteiger partial charge in [-0.2, -0.15) is 5.26 Å². The minimum atomic E-state index is 0.281. The van der Waals surface area contributed by atoms with Crippen molar-refractivity contribution in [3.63, 3.8) is 0 Å². The quantitative estimate of drug-likeness (QED) is 0.721. The number of nitriles is 1. The summed E-state index contributed by atoms with van der Waals surface area (Å²) in [6.45, 7) is 6.77.